The van der Waals surface area contributed by atoms with E-state index in [0.29, 0.717) is 12.0 Å². The molecule has 0 saturated carbocycles. The van der Waals surface area contributed by atoms with Crippen LogP contribution in [-0.4, -0.2) is 12.6 Å². The Labute approximate surface area is 105 Å². The molecule has 1 aromatic heterocycles. The van der Waals surface area contributed by atoms with Crippen LogP contribution in [0.1, 0.15) is 30.6 Å². The van der Waals surface area contributed by atoms with E-state index in [1.165, 1.54) is 23.1 Å². The monoisotopic (exact) mass is 249 g/mol. The van der Waals surface area contributed by atoms with E-state index in [9.17, 15) is 4.39 Å². The summed E-state index contributed by atoms with van der Waals surface area (Å²) in [6, 6.07) is 7.91. The van der Waals surface area contributed by atoms with Gasteiger partial charge in [0.25, 0.3) is 0 Å². The Bertz CT molecular complexity index is 534. The maximum absolute atomic E-state index is 13.1. The number of thiophene rings is 1. The molecular formula is C14H16FNS. The predicted molar refractivity (Wildman–Crippen MR) is 71.2 cm³/mol. The average molecular weight is 249 g/mol. The van der Waals surface area contributed by atoms with Crippen molar-refractivity contribution in [2.24, 2.45) is 0 Å². The summed E-state index contributed by atoms with van der Waals surface area (Å²) in [5.41, 5.74) is 0. The van der Waals surface area contributed by atoms with Gasteiger partial charge in [-0.2, -0.15) is 0 Å². The lowest BCUT2D eigenvalue weighted by molar-refractivity contribution is 0.384. The summed E-state index contributed by atoms with van der Waals surface area (Å²) in [6.07, 6.45) is 2.38. The molecule has 0 spiro atoms. The number of hydrogen-bond donors (Lipinski definition) is 1. The zero-order valence-electron chi connectivity index (χ0n) is 9.87. The summed E-state index contributed by atoms with van der Waals surface area (Å²) >= 11 is 1.75. The number of halogens is 1. The van der Waals surface area contributed by atoms with Gasteiger partial charge in [-0.05, 0) is 55.8 Å². The Morgan fingerprint density at radius 1 is 1.35 bits per heavy atom. The van der Waals surface area contributed by atoms with Crippen molar-refractivity contribution in [3.8, 4) is 0 Å². The second-order valence-electron chi connectivity index (χ2n) is 4.91. The van der Waals surface area contributed by atoms with Crippen molar-refractivity contribution in [2.45, 2.75) is 31.7 Å². The SMILES string of the molecule is C[C@@H]1C[C@@H](c2cc3ccc(F)cc3s2)CCN1. The van der Waals surface area contributed by atoms with Crippen LogP contribution in [-0.2, 0) is 0 Å². The third-order valence-corrected chi connectivity index (χ3v) is 4.79. The quantitative estimate of drug-likeness (QED) is 0.808. The second kappa shape index (κ2) is 4.39. The molecule has 0 aliphatic carbocycles. The smallest absolute Gasteiger partial charge is 0.124 e. The van der Waals surface area contributed by atoms with E-state index in [-0.39, 0.29) is 5.82 Å². The maximum Gasteiger partial charge on any atom is 0.124 e. The van der Waals surface area contributed by atoms with Gasteiger partial charge in [-0.25, -0.2) is 4.39 Å². The summed E-state index contributed by atoms with van der Waals surface area (Å²) in [5, 5.41) is 4.65. The van der Waals surface area contributed by atoms with Crippen LogP contribution in [0.2, 0.25) is 0 Å². The van der Waals surface area contributed by atoms with Gasteiger partial charge in [-0.15, -0.1) is 11.3 Å². The molecule has 0 unspecified atom stereocenters. The third kappa shape index (κ3) is 2.22. The average Bonchev–Trinajstić information content (AvgIpc) is 2.72. The molecule has 0 radical (unpaired) electrons. The van der Waals surface area contributed by atoms with Gasteiger partial charge in [0.05, 0.1) is 0 Å². The fourth-order valence-electron chi connectivity index (χ4n) is 2.62. The molecule has 17 heavy (non-hydrogen) atoms. The molecule has 1 aliphatic rings. The lowest BCUT2D eigenvalue weighted by Gasteiger charge is -2.27. The minimum absolute atomic E-state index is 0.135. The van der Waals surface area contributed by atoms with E-state index in [2.05, 4.69) is 18.3 Å². The minimum Gasteiger partial charge on any atom is -0.314 e. The number of hydrogen-bond acceptors (Lipinski definition) is 2. The lowest BCUT2D eigenvalue weighted by Crippen LogP contribution is -2.34. The summed E-state index contributed by atoms with van der Waals surface area (Å²) in [6.45, 7) is 3.33. The van der Waals surface area contributed by atoms with Crippen LogP contribution in [0.25, 0.3) is 10.1 Å². The first-order chi connectivity index (χ1) is 8.22. The zero-order chi connectivity index (χ0) is 11.8. The van der Waals surface area contributed by atoms with Crippen LogP contribution in [0.5, 0.6) is 0 Å². The van der Waals surface area contributed by atoms with Gasteiger partial charge in [-0.1, -0.05) is 6.07 Å². The highest BCUT2D eigenvalue weighted by Crippen LogP contribution is 2.36. The normalized spacial score (nSPS) is 25.3. The topological polar surface area (TPSA) is 12.0 Å². The highest BCUT2D eigenvalue weighted by Gasteiger charge is 2.21. The zero-order valence-corrected chi connectivity index (χ0v) is 10.7. The highest BCUT2D eigenvalue weighted by molar-refractivity contribution is 7.19. The molecule has 0 bridgehead atoms. The summed E-state index contributed by atoms with van der Waals surface area (Å²) in [7, 11) is 0. The molecule has 2 atom stereocenters. The van der Waals surface area contributed by atoms with E-state index in [1.54, 1.807) is 23.5 Å². The molecule has 1 nitrogen and oxygen atoms in total. The van der Waals surface area contributed by atoms with Crippen molar-refractivity contribution >= 4 is 21.4 Å². The van der Waals surface area contributed by atoms with Crippen LogP contribution in [0.4, 0.5) is 4.39 Å². The van der Waals surface area contributed by atoms with Gasteiger partial charge in [-0.3, -0.25) is 0 Å². The molecule has 2 aromatic rings. The summed E-state index contributed by atoms with van der Waals surface area (Å²) < 4.78 is 14.2. The molecule has 1 saturated heterocycles. The van der Waals surface area contributed by atoms with Crippen molar-refractivity contribution in [3.05, 3.63) is 35.0 Å². The highest BCUT2D eigenvalue weighted by atomic mass is 32.1. The van der Waals surface area contributed by atoms with Gasteiger partial charge in [0.15, 0.2) is 0 Å². The second-order valence-corrected chi connectivity index (χ2v) is 6.02. The van der Waals surface area contributed by atoms with Crippen LogP contribution < -0.4 is 5.32 Å². The molecular weight excluding hydrogens is 233 g/mol. The minimum atomic E-state index is -0.135. The van der Waals surface area contributed by atoms with Gasteiger partial charge in [0.1, 0.15) is 5.82 Å². The number of rotatable bonds is 1. The van der Waals surface area contributed by atoms with Crippen LogP contribution in [0, 0.1) is 5.82 Å². The molecule has 0 amide bonds. The Hall–Kier alpha value is -0.930. The fraction of sp³-hybridized carbons (Fsp3) is 0.429. The number of nitrogens with one attached hydrogen (secondary N) is 1. The van der Waals surface area contributed by atoms with E-state index in [1.807, 2.05) is 6.07 Å². The largest absolute Gasteiger partial charge is 0.314 e. The van der Waals surface area contributed by atoms with E-state index in [4.69, 9.17) is 0 Å². The first-order valence-electron chi connectivity index (χ1n) is 6.15. The van der Waals surface area contributed by atoms with Crippen molar-refractivity contribution < 1.29 is 4.39 Å². The first kappa shape index (κ1) is 11.2. The lowest BCUT2D eigenvalue weighted by atomic mass is 9.92. The molecule has 3 heteroatoms. The number of piperidine rings is 1. The molecule has 3 rings (SSSR count). The van der Waals surface area contributed by atoms with E-state index < -0.39 is 0 Å². The van der Waals surface area contributed by atoms with Crippen molar-refractivity contribution in [1.82, 2.24) is 5.32 Å². The third-order valence-electron chi connectivity index (χ3n) is 3.53. The van der Waals surface area contributed by atoms with Crippen molar-refractivity contribution in [3.63, 3.8) is 0 Å². The predicted octanol–water partition coefficient (Wildman–Crippen LogP) is 3.90. The van der Waals surface area contributed by atoms with Crippen LogP contribution in [0.3, 0.4) is 0 Å². The molecule has 2 heterocycles. The van der Waals surface area contributed by atoms with Gasteiger partial charge in [0.2, 0.25) is 0 Å². The van der Waals surface area contributed by atoms with Crippen LogP contribution >= 0.6 is 11.3 Å². The summed E-state index contributed by atoms with van der Waals surface area (Å²) in [4.78, 5) is 1.42. The maximum atomic E-state index is 13.1. The Balaban J connectivity index is 1.94. The van der Waals surface area contributed by atoms with E-state index >= 15 is 0 Å². The Kier molecular flexibility index (Phi) is 2.89. The van der Waals surface area contributed by atoms with Crippen LogP contribution in [0.15, 0.2) is 24.3 Å². The van der Waals surface area contributed by atoms with E-state index in [0.717, 1.165) is 11.2 Å². The first-order valence-corrected chi connectivity index (χ1v) is 6.96. The molecule has 90 valence electrons. The Morgan fingerprint density at radius 2 is 2.24 bits per heavy atom. The Morgan fingerprint density at radius 3 is 3.06 bits per heavy atom. The molecule has 1 fully saturated rings. The number of fused-ring (bicyclic) bond motifs is 1. The standard InChI is InChI=1S/C14H16FNS/c1-9-6-11(4-5-16-9)13-7-10-2-3-12(15)8-14(10)17-13/h2-3,7-9,11,16H,4-6H2,1H3/t9-,11+/m1/s1. The summed E-state index contributed by atoms with van der Waals surface area (Å²) in [5.74, 6) is 0.510. The van der Waals surface area contributed by atoms with Gasteiger partial charge >= 0.3 is 0 Å². The van der Waals surface area contributed by atoms with Crippen molar-refractivity contribution in [1.29, 1.82) is 0 Å². The molecule has 1 aliphatic heterocycles. The van der Waals surface area contributed by atoms with Gasteiger partial charge < -0.3 is 5.32 Å². The number of benzene rings is 1. The fourth-order valence-corrected chi connectivity index (χ4v) is 3.85. The molecule has 1 N–H and O–H groups in total. The van der Waals surface area contributed by atoms with Crippen molar-refractivity contribution in [2.75, 3.05) is 6.54 Å². The van der Waals surface area contributed by atoms with Gasteiger partial charge in [0, 0.05) is 15.6 Å². The molecule has 1 aromatic carbocycles.